The minimum atomic E-state index is -0.860. The predicted octanol–water partition coefficient (Wildman–Crippen LogP) is 1.62. The number of carboxylic acids is 1. The summed E-state index contributed by atoms with van der Waals surface area (Å²) in [7, 11) is 1.82. The molecule has 0 spiro atoms. The molecule has 1 rings (SSSR count). The van der Waals surface area contributed by atoms with Crippen LogP contribution in [0.3, 0.4) is 0 Å². The van der Waals surface area contributed by atoms with Crippen LogP contribution in [0.1, 0.15) is 17.3 Å². The Morgan fingerprint density at radius 2 is 2.00 bits per heavy atom. The predicted molar refractivity (Wildman–Crippen MR) is 64.0 cm³/mol. The van der Waals surface area contributed by atoms with E-state index in [1.807, 2.05) is 20.4 Å². The Balaban J connectivity index is 0. The molecule has 1 N–H and O–H groups in total. The van der Waals surface area contributed by atoms with Crippen LogP contribution in [0.5, 0.6) is 0 Å². The molecule has 6 heteroatoms. The molecule has 0 saturated heterocycles. The average molecular weight is 431 g/mol. The number of rotatable bonds is 4. The Labute approximate surface area is 149 Å². The Kier molecular flexibility index (Phi) is 14.3. The second-order valence-electron chi connectivity index (χ2n) is 2.65. The van der Waals surface area contributed by atoms with Crippen LogP contribution >= 0.6 is 8.24 Å². The molecule has 0 radical (unpaired) electrons. The van der Waals surface area contributed by atoms with Gasteiger partial charge in [0.25, 0.3) is 0 Å². The van der Waals surface area contributed by atoms with Gasteiger partial charge in [-0.15, -0.1) is 0 Å². The molecule has 0 aliphatic carbocycles. The third kappa shape index (κ3) is 7.09. The normalized spacial score (nSPS) is 8.07. The summed E-state index contributed by atoms with van der Waals surface area (Å²) in [6, 6.07) is 7.26. The van der Waals surface area contributed by atoms with Crippen LogP contribution in [0.25, 0.3) is 0 Å². The summed E-state index contributed by atoms with van der Waals surface area (Å²) in [5.41, 5.74) is 0.459. The van der Waals surface area contributed by atoms with Crippen molar-refractivity contribution in [2.75, 3.05) is 0 Å². The maximum absolute atomic E-state index is 10.8. The summed E-state index contributed by atoms with van der Waals surface area (Å²) in [5, 5.41) is 8.88. The van der Waals surface area contributed by atoms with Gasteiger partial charge in [0.05, 0.1) is 0 Å². The van der Waals surface area contributed by atoms with Gasteiger partial charge >= 0.3 is 152 Å². The van der Waals surface area contributed by atoms with Gasteiger partial charge in [0.2, 0.25) is 0 Å². The van der Waals surface area contributed by atoms with E-state index in [0.717, 1.165) is 4.90 Å². The molecule has 0 aliphatic heterocycles. The molecule has 0 aromatic heterocycles. The van der Waals surface area contributed by atoms with Crippen LogP contribution in [0, 0.1) is 0 Å². The van der Waals surface area contributed by atoms with E-state index in [1.54, 1.807) is 12.1 Å². The molecule has 15 heavy (non-hydrogen) atoms. The molecule has 0 fully saturated rings. The zero-order valence-electron chi connectivity index (χ0n) is 7.49. The number of hydrogen-bond donors (Lipinski definition) is 1. The van der Waals surface area contributed by atoms with E-state index in [4.69, 9.17) is 5.11 Å². The average Bonchev–Trinajstić information content (AvgIpc) is 2.15. The SMILES string of the molecule is C[CH2][Hg][S]c1ccccc1C(=O)O.[NaH].[NaH]. The van der Waals surface area contributed by atoms with Crippen molar-refractivity contribution < 1.29 is 33.0 Å². The fraction of sp³-hybridized carbons (Fsp3) is 0.222. The maximum atomic E-state index is 10.8. The van der Waals surface area contributed by atoms with Crippen LogP contribution in [0.4, 0.5) is 0 Å². The molecule has 1 aromatic rings. The van der Waals surface area contributed by atoms with Gasteiger partial charge in [-0.05, 0) is 0 Å². The molecule has 0 amide bonds. The standard InChI is InChI=1S/C7H6O2S.C2H5.Hg.2Na.2H/c8-7(9)5-3-1-2-4-6(5)10;1-2;;;;;/h1-4,10H,(H,8,9);1H2,2H3;;;;;/q;;+1;;;;/p-1. The summed E-state index contributed by atoms with van der Waals surface area (Å²) in [5.74, 6) is -0.812. The van der Waals surface area contributed by atoms with Gasteiger partial charge in [-0.3, -0.25) is 0 Å². The minimum absolute atomic E-state index is 0. The van der Waals surface area contributed by atoms with Crippen molar-refractivity contribution in [1.29, 1.82) is 0 Å². The molecule has 2 nitrogen and oxygen atoms in total. The molecule has 0 atom stereocenters. The van der Waals surface area contributed by atoms with Crippen LogP contribution in [0.2, 0.25) is 3.93 Å². The van der Waals surface area contributed by atoms with Gasteiger partial charge in [-0.25, -0.2) is 0 Å². The van der Waals surface area contributed by atoms with E-state index in [-0.39, 0.29) is 59.1 Å². The number of benzene rings is 1. The Hall–Kier alpha value is 1.98. The second-order valence-corrected chi connectivity index (χ2v) is 15.8. The molecule has 1 aromatic carbocycles. The second kappa shape index (κ2) is 11.1. The van der Waals surface area contributed by atoms with E-state index in [1.165, 1.54) is 3.93 Å². The van der Waals surface area contributed by atoms with Crippen molar-refractivity contribution in [3.05, 3.63) is 29.8 Å². The van der Waals surface area contributed by atoms with Crippen LogP contribution in [-0.4, -0.2) is 70.2 Å². The van der Waals surface area contributed by atoms with Crippen molar-refractivity contribution in [2.45, 2.75) is 15.7 Å². The van der Waals surface area contributed by atoms with E-state index < -0.39 is 29.0 Å². The summed E-state index contributed by atoms with van der Waals surface area (Å²) >= 11 is -0.860. The first-order valence-corrected chi connectivity index (χ1v) is 15.8. The Morgan fingerprint density at radius 3 is 2.53 bits per heavy atom. The van der Waals surface area contributed by atoms with E-state index >= 15 is 0 Å². The third-order valence-electron chi connectivity index (χ3n) is 1.58. The van der Waals surface area contributed by atoms with Crippen molar-refractivity contribution in [3.63, 3.8) is 0 Å². The van der Waals surface area contributed by atoms with Crippen molar-refractivity contribution in [1.82, 2.24) is 0 Å². The molecule has 70 valence electrons. The fourth-order valence-corrected chi connectivity index (χ4v) is 9.77. The summed E-state index contributed by atoms with van der Waals surface area (Å²) in [4.78, 5) is 11.8. The molecule has 0 bridgehead atoms. The topological polar surface area (TPSA) is 37.3 Å². The van der Waals surface area contributed by atoms with Crippen molar-refractivity contribution in [2.24, 2.45) is 0 Å². The molecular formula is C9H12HgNa2O2S. The van der Waals surface area contributed by atoms with Crippen LogP contribution in [-0.2, 0) is 23.1 Å². The molecular weight excluding hydrogens is 419 g/mol. The Morgan fingerprint density at radius 1 is 1.40 bits per heavy atom. The van der Waals surface area contributed by atoms with Gasteiger partial charge in [-0.1, -0.05) is 0 Å². The zero-order chi connectivity index (χ0) is 9.68. The first-order chi connectivity index (χ1) is 6.25. The summed E-state index contributed by atoms with van der Waals surface area (Å²) < 4.78 is 1.28. The van der Waals surface area contributed by atoms with Gasteiger partial charge in [0, 0.05) is 0 Å². The number of aromatic carboxylic acids is 1. The van der Waals surface area contributed by atoms with Crippen LogP contribution < -0.4 is 0 Å². The quantitative estimate of drug-likeness (QED) is 0.738. The monoisotopic (exact) mass is 432 g/mol. The molecule has 0 aliphatic rings. The van der Waals surface area contributed by atoms with Crippen LogP contribution in [0.15, 0.2) is 29.2 Å². The number of hydrogen-bond acceptors (Lipinski definition) is 2. The van der Waals surface area contributed by atoms with Gasteiger partial charge in [-0.2, -0.15) is 0 Å². The molecule has 0 saturated carbocycles. The van der Waals surface area contributed by atoms with E-state index in [0.29, 0.717) is 5.56 Å². The fourth-order valence-electron chi connectivity index (χ4n) is 0.981. The van der Waals surface area contributed by atoms with Crippen molar-refractivity contribution in [3.8, 4) is 0 Å². The number of carboxylic acid groups (broad SMARTS) is 1. The summed E-state index contributed by atoms with van der Waals surface area (Å²) in [6.07, 6.45) is 0. The Bertz CT molecular complexity index is 310. The first-order valence-electron chi connectivity index (χ1n) is 4.20. The van der Waals surface area contributed by atoms with Gasteiger partial charge < -0.3 is 0 Å². The molecule has 0 unspecified atom stereocenters. The van der Waals surface area contributed by atoms with Gasteiger partial charge in [0.15, 0.2) is 0 Å². The van der Waals surface area contributed by atoms with Gasteiger partial charge in [0.1, 0.15) is 0 Å². The third-order valence-corrected chi connectivity index (χ3v) is 13.6. The molecule has 0 heterocycles. The zero-order valence-corrected chi connectivity index (χ0v) is 13.8. The van der Waals surface area contributed by atoms with E-state index in [9.17, 15) is 4.79 Å². The first kappa shape index (κ1) is 19.3. The van der Waals surface area contributed by atoms with Crippen molar-refractivity contribution >= 4 is 73.3 Å². The van der Waals surface area contributed by atoms with E-state index in [2.05, 4.69) is 6.92 Å². The summed E-state index contributed by atoms with van der Waals surface area (Å²) in [6.45, 7) is 2.18. The number of carbonyl (C=O) groups is 1.